The molecule has 0 spiro atoms. The molecule has 0 aliphatic heterocycles. The number of nitrogens with one attached hydrogen (secondary N) is 2. The SMILES string of the molecule is CC(=O)NC(=N)N(C(C)=O)C(C)=O. The minimum absolute atomic E-state index is 0.502. The average molecular weight is 185 g/mol. The topological polar surface area (TPSA) is 90.3 Å². The van der Waals surface area contributed by atoms with Gasteiger partial charge >= 0.3 is 0 Å². The van der Waals surface area contributed by atoms with Crippen molar-refractivity contribution < 1.29 is 14.4 Å². The minimum atomic E-state index is -0.605. The number of carbonyl (C=O) groups is 3. The van der Waals surface area contributed by atoms with Crippen molar-refractivity contribution in [1.29, 1.82) is 5.41 Å². The molecule has 0 saturated heterocycles. The second-order valence-corrected chi connectivity index (χ2v) is 2.40. The maximum atomic E-state index is 10.8. The van der Waals surface area contributed by atoms with Crippen LogP contribution in [-0.2, 0) is 14.4 Å². The van der Waals surface area contributed by atoms with E-state index in [0.29, 0.717) is 4.90 Å². The van der Waals surface area contributed by atoms with Gasteiger partial charge in [-0.2, -0.15) is 0 Å². The number of hydrogen-bond donors (Lipinski definition) is 2. The fraction of sp³-hybridized carbons (Fsp3) is 0.429. The molecule has 0 saturated carbocycles. The Morgan fingerprint density at radius 3 is 1.69 bits per heavy atom. The number of carbonyl (C=O) groups excluding carboxylic acids is 3. The standard InChI is InChI=1S/C7H11N3O3/c1-4(11)9-7(8)10(5(2)12)6(3)13/h1-3H3,(H2,8,9,11). The predicted molar refractivity (Wildman–Crippen MR) is 44.7 cm³/mol. The van der Waals surface area contributed by atoms with Gasteiger partial charge in [0.2, 0.25) is 23.7 Å². The molecule has 6 nitrogen and oxygen atoms in total. The summed E-state index contributed by atoms with van der Waals surface area (Å²) < 4.78 is 0. The minimum Gasteiger partial charge on any atom is -0.296 e. The highest BCUT2D eigenvalue weighted by molar-refractivity contribution is 6.12. The molecule has 0 atom stereocenters. The Morgan fingerprint density at radius 2 is 1.46 bits per heavy atom. The molecular weight excluding hydrogens is 174 g/mol. The van der Waals surface area contributed by atoms with E-state index >= 15 is 0 Å². The molecule has 0 aromatic heterocycles. The van der Waals surface area contributed by atoms with Crippen molar-refractivity contribution in [2.24, 2.45) is 0 Å². The smallest absolute Gasteiger partial charge is 0.233 e. The largest absolute Gasteiger partial charge is 0.296 e. The van der Waals surface area contributed by atoms with Crippen LogP contribution in [0.25, 0.3) is 0 Å². The summed E-state index contributed by atoms with van der Waals surface area (Å²) >= 11 is 0. The lowest BCUT2D eigenvalue weighted by Gasteiger charge is -2.16. The lowest BCUT2D eigenvalue weighted by Crippen LogP contribution is -2.47. The molecule has 3 amide bonds. The molecule has 0 radical (unpaired) electrons. The third-order valence-electron chi connectivity index (χ3n) is 1.15. The monoisotopic (exact) mass is 185 g/mol. The Balaban J connectivity index is 4.57. The molecule has 0 heterocycles. The molecule has 0 fully saturated rings. The summed E-state index contributed by atoms with van der Waals surface area (Å²) in [5.74, 6) is -2.23. The second-order valence-electron chi connectivity index (χ2n) is 2.40. The van der Waals surface area contributed by atoms with Gasteiger partial charge in [-0.25, -0.2) is 4.90 Å². The first kappa shape index (κ1) is 11.3. The van der Waals surface area contributed by atoms with Gasteiger partial charge in [0.05, 0.1) is 0 Å². The number of rotatable bonds is 0. The summed E-state index contributed by atoms with van der Waals surface area (Å²) in [6.07, 6.45) is 0. The molecule has 0 aliphatic rings. The van der Waals surface area contributed by atoms with E-state index in [4.69, 9.17) is 5.41 Å². The van der Waals surface area contributed by atoms with Crippen LogP contribution in [-0.4, -0.2) is 28.6 Å². The van der Waals surface area contributed by atoms with Crippen LogP contribution >= 0.6 is 0 Å². The highest BCUT2D eigenvalue weighted by Crippen LogP contribution is 1.90. The number of nitrogens with zero attached hydrogens (tertiary/aromatic N) is 1. The molecule has 0 bridgehead atoms. The molecule has 0 aromatic carbocycles. The lowest BCUT2D eigenvalue weighted by atomic mass is 10.5. The maximum absolute atomic E-state index is 10.8. The molecule has 72 valence electrons. The van der Waals surface area contributed by atoms with Gasteiger partial charge in [0.15, 0.2) is 0 Å². The van der Waals surface area contributed by atoms with Crippen molar-refractivity contribution in [1.82, 2.24) is 10.2 Å². The third kappa shape index (κ3) is 3.46. The van der Waals surface area contributed by atoms with Gasteiger partial charge < -0.3 is 0 Å². The third-order valence-corrected chi connectivity index (χ3v) is 1.15. The van der Waals surface area contributed by atoms with Crippen molar-refractivity contribution in [2.45, 2.75) is 20.8 Å². The summed E-state index contributed by atoms with van der Waals surface area (Å²) in [6.45, 7) is 3.46. The van der Waals surface area contributed by atoms with Crippen LogP contribution < -0.4 is 5.32 Å². The fourth-order valence-electron chi connectivity index (χ4n) is 0.759. The van der Waals surface area contributed by atoms with E-state index in [1.165, 1.54) is 6.92 Å². The quantitative estimate of drug-likeness (QED) is 0.392. The van der Waals surface area contributed by atoms with Crippen LogP contribution in [0.15, 0.2) is 0 Å². The van der Waals surface area contributed by atoms with Crippen LogP contribution in [0.4, 0.5) is 0 Å². The number of amides is 3. The molecule has 0 unspecified atom stereocenters. The Bertz CT molecular complexity index is 258. The second kappa shape index (κ2) is 4.34. The highest BCUT2D eigenvalue weighted by atomic mass is 16.2. The summed E-state index contributed by atoms with van der Waals surface area (Å²) in [4.78, 5) is 32.7. The van der Waals surface area contributed by atoms with E-state index < -0.39 is 23.7 Å². The first-order chi connectivity index (χ1) is 5.86. The van der Waals surface area contributed by atoms with Crippen LogP contribution in [0.2, 0.25) is 0 Å². The Morgan fingerprint density at radius 1 is 1.08 bits per heavy atom. The normalized spacial score (nSPS) is 8.85. The molecular formula is C7H11N3O3. The molecule has 0 aromatic rings. The van der Waals surface area contributed by atoms with Gasteiger partial charge in [-0.3, -0.25) is 25.1 Å². The van der Waals surface area contributed by atoms with Gasteiger partial charge in [-0.1, -0.05) is 0 Å². The summed E-state index contributed by atoms with van der Waals surface area (Å²) in [7, 11) is 0. The van der Waals surface area contributed by atoms with Crippen LogP contribution in [0.1, 0.15) is 20.8 Å². The van der Waals surface area contributed by atoms with Crippen molar-refractivity contribution >= 4 is 23.7 Å². The Hall–Kier alpha value is -1.72. The zero-order valence-electron chi connectivity index (χ0n) is 7.67. The Kier molecular flexibility index (Phi) is 3.77. The molecule has 6 heteroatoms. The van der Waals surface area contributed by atoms with Crippen molar-refractivity contribution in [3.05, 3.63) is 0 Å². The van der Waals surface area contributed by atoms with Crippen LogP contribution in [0, 0.1) is 5.41 Å². The van der Waals surface area contributed by atoms with E-state index in [1.807, 2.05) is 5.32 Å². The van der Waals surface area contributed by atoms with E-state index in [-0.39, 0.29) is 0 Å². The molecule has 2 N–H and O–H groups in total. The van der Waals surface area contributed by atoms with E-state index in [1.54, 1.807) is 0 Å². The van der Waals surface area contributed by atoms with Crippen molar-refractivity contribution in [3.63, 3.8) is 0 Å². The van der Waals surface area contributed by atoms with Gasteiger partial charge in [0, 0.05) is 20.8 Å². The first-order valence-corrected chi connectivity index (χ1v) is 3.53. The van der Waals surface area contributed by atoms with E-state index in [0.717, 1.165) is 13.8 Å². The number of imide groups is 1. The summed E-state index contributed by atoms with van der Waals surface area (Å²) in [5, 5.41) is 9.22. The van der Waals surface area contributed by atoms with Crippen LogP contribution in [0.3, 0.4) is 0 Å². The van der Waals surface area contributed by atoms with Crippen molar-refractivity contribution in [3.8, 4) is 0 Å². The predicted octanol–water partition coefficient (Wildman–Crippen LogP) is -0.548. The molecule has 0 rings (SSSR count). The maximum Gasteiger partial charge on any atom is 0.233 e. The fourth-order valence-corrected chi connectivity index (χ4v) is 0.759. The molecule has 13 heavy (non-hydrogen) atoms. The van der Waals surface area contributed by atoms with Gasteiger partial charge in [0.25, 0.3) is 0 Å². The van der Waals surface area contributed by atoms with E-state index in [9.17, 15) is 14.4 Å². The van der Waals surface area contributed by atoms with Gasteiger partial charge in [0.1, 0.15) is 0 Å². The zero-order valence-corrected chi connectivity index (χ0v) is 7.67. The summed E-state index contributed by atoms with van der Waals surface area (Å²) in [6, 6.07) is 0. The van der Waals surface area contributed by atoms with Gasteiger partial charge in [-0.05, 0) is 0 Å². The zero-order chi connectivity index (χ0) is 10.6. The molecule has 0 aliphatic carbocycles. The van der Waals surface area contributed by atoms with E-state index in [2.05, 4.69) is 0 Å². The number of hydrogen-bond acceptors (Lipinski definition) is 4. The number of guanidine groups is 1. The van der Waals surface area contributed by atoms with Crippen molar-refractivity contribution in [2.75, 3.05) is 0 Å². The first-order valence-electron chi connectivity index (χ1n) is 3.53. The van der Waals surface area contributed by atoms with Gasteiger partial charge in [-0.15, -0.1) is 0 Å². The lowest BCUT2D eigenvalue weighted by molar-refractivity contribution is -0.137. The average Bonchev–Trinajstić information content (AvgIpc) is 1.81. The summed E-state index contributed by atoms with van der Waals surface area (Å²) in [5.41, 5.74) is 0. The Labute approximate surface area is 75.4 Å². The highest BCUT2D eigenvalue weighted by Gasteiger charge is 2.19. The van der Waals surface area contributed by atoms with Crippen LogP contribution in [0.5, 0.6) is 0 Å².